The van der Waals surface area contributed by atoms with Crippen molar-refractivity contribution < 1.29 is 14.3 Å². The normalized spacial score (nSPS) is 18.6. The summed E-state index contributed by atoms with van der Waals surface area (Å²) < 4.78 is 5.16. The van der Waals surface area contributed by atoms with Gasteiger partial charge in [-0.3, -0.25) is 14.5 Å². The maximum atomic E-state index is 12.6. The van der Waals surface area contributed by atoms with Crippen LogP contribution in [0.25, 0.3) is 6.08 Å². The van der Waals surface area contributed by atoms with Crippen LogP contribution in [0.3, 0.4) is 0 Å². The molecule has 0 N–H and O–H groups in total. The first-order valence-corrected chi connectivity index (χ1v) is 12.9. The predicted molar refractivity (Wildman–Crippen MR) is 137 cm³/mol. The largest absolute Gasteiger partial charge is 0.383 e. The first kappa shape index (κ1) is 27.0. The van der Waals surface area contributed by atoms with Gasteiger partial charge in [-0.2, -0.15) is 0 Å². The van der Waals surface area contributed by atoms with Gasteiger partial charge in [-0.15, -0.1) is 0 Å². The number of amides is 2. The van der Waals surface area contributed by atoms with Crippen LogP contribution in [0.5, 0.6) is 0 Å². The summed E-state index contributed by atoms with van der Waals surface area (Å²) >= 11 is 12.0. The Kier molecular flexibility index (Phi) is 11.1. The highest BCUT2D eigenvalue weighted by atomic mass is 35.5. The summed E-state index contributed by atoms with van der Waals surface area (Å²) in [5, 5.41) is 0.938. The first-order chi connectivity index (χ1) is 16.5. The van der Waals surface area contributed by atoms with Crippen LogP contribution in [0, 0.1) is 0 Å². The van der Waals surface area contributed by atoms with E-state index >= 15 is 0 Å². The molecule has 2 aliphatic heterocycles. The molecular weight excluding hydrogens is 475 g/mol. The minimum atomic E-state index is -0.0923. The second-order valence-electron chi connectivity index (χ2n) is 8.85. The third-order valence-electron chi connectivity index (χ3n) is 6.49. The Labute approximate surface area is 213 Å². The predicted octanol–water partition coefficient (Wildman–Crippen LogP) is 3.11. The average molecular weight is 511 g/mol. The van der Waals surface area contributed by atoms with Gasteiger partial charge in [0.25, 0.3) is 0 Å². The molecule has 0 aromatic heterocycles. The summed E-state index contributed by atoms with van der Waals surface area (Å²) in [5.74, 6) is 0.0425. The zero-order chi connectivity index (χ0) is 24.3. The third-order valence-corrected chi connectivity index (χ3v) is 7.23. The van der Waals surface area contributed by atoms with Crippen molar-refractivity contribution in [3.63, 3.8) is 0 Å². The molecule has 188 valence electrons. The van der Waals surface area contributed by atoms with E-state index < -0.39 is 0 Å². The number of hydrogen-bond acceptors (Lipinski definition) is 5. The number of nitrogens with zero attached hydrogens (tertiary/aromatic N) is 4. The lowest BCUT2D eigenvalue weighted by Gasteiger charge is -2.34. The van der Waals surface area contributed by atoms with Crippen molar-refractivity contribution in [2.75, 3.05) is 79.2 Å². The Morgan fingerprint density at radius 2 is 1.65 bits per heavy atom. The van der Waals surface area contributed by atoms with Gasteiger partial charge < -0.3 is 19.4 Å². The summed E-state index contributed by atoms with van der Waals surface area (Å²) in [4.78, 5) is 33.8. The number of carbonyl (C=O) groups excluding carboxylic acids is 2. The van der Waals surface area contributed by atoms with E-state index in [1.807, 2.05) is 11.0 Å². The van der Waals surface area contributed by atoms with Gasteiger partial charge >= 0.3 is 0 Å². The molecule has 0 spiro atoms. The molecule has 0 saturated carbocycles. The lowest BCUT2D eigenvalue weighted by molar-refractivity contribution is -0.130. The molecule has 2 aliphatic rings. The molecule has 1 aromatic rings. The number of ether oxygens (including phenoxy) is 1. The smallest absolute Gasteiger partial charge is 0.246 e. The van der Waals surface area contributed by atoms with Crippen LogP contribution in [0.15, 0.2) is 24.3 Å². The molecule has 0 atom stereocenters. The Morgan fingerprint density at radius 3 is 2.35 bits per heavy atom. The minimum absolute atomic E-state index is 0.0923. The van der Waals surface area contributed by atoms with Gasteiger partial charge in [-0.05, 0) is 43.2 Å². The van der Waals surface area contributed by atoms with Crippen LogP contribution in [0.4, 0.5) is 0 Å². The molecule has 0 bridgehead atoms. The van der Waals surface area contributed by atoms with Crippen molar-refractivity contribution in [3.05, 3.63) is 39.9 Å². The van der Waals surface area contributed by atoms with Crippen molar-refractivity contribution >= 4 is 41.1 Å². The molecule has 2 amide bonds. The molecule has 0 aliphatic carbocycles. The summed E-state index contributed by atoms with van der Waals surface area (Å²) in [6, 6.07) is 5.25. The first-order valence-electron chi connectivity index (χ1n) is 12.1. The van der Waals surface area contributed by atoms with E-state index in [1.165, 1.54) is 6.08 Å². The Morgan fingerprint density at radius 1 is 0.941 bits per heavy atom. The molecule has 34 heavy (non-hydrogen) atoms. The Bertz CT molecular complexity index is 843. The topological polar surface area (TPSA) is 56.3 Å². The highest BCUT2D eigenvalue weighted by molar-refractivity contribution is 6.42. The summed E-state index contributed by atoms with van der Waals surface area (Å²) in [6.45, 7) is 9.61. The average Bonchev–Trinajstić information content (AvgIpc) is 3.03. The lowest BCUT2D eigenvalue weighted by atomic mass is 10.2. The van der Waals surface area contributed by atoms with Gasteiger partial charge in [0.05, 0.1) is 16.7 Å². The summed E-state index contributed by atoms with van der Waals surface area (Å²) in [7, 11) is 1.75. The summed E-state index contributed by atoms with van der Waals surface area (Å²) in [5.41, 5.74) is 0.812. The Balaban J connectivity index is 1.36. The van der Waals surface area contributed by atoms with Crippen molar-refractivity contribution in [1.29, 1.82) is 0 Å². The maximum absolute atomic E-state index is 12.6. The minimum Gasteiger partial charge on any atom is -0.383 e. The van der Waals surface area contributed by atoms with Crippen molar-refractivity contribution in [2.45, 2.75) is 19.3 Å². The van der Waals surface area contributed by atoms with Crippen LogP contribution < -0.4 is 0 Å². The number of hydrogen-bond donors (Lipinski definition) is 0. The van der Waals surface area contributed by atoms with Crippen LogP contribution in [-0.2, 0) is 14.3 Å². The molecule has 2 fully saturated rings. The van der Waals surface area contributed by atoms with Gasteiger partial charge in [0.15, 0.2) is 0 Å². The van der Waals surface area contributed by atoms with Gasteiger partial charge in [-0.25, -0.2) is 0 Å². The van der Waals surface area contributed by atoms with Crippen LogP contribution in [0.2, 0.25) is 10.0 Å². The standard InChI is InChI=1S/C25H36Cl2N4O3/c1-34-19-18-29-14-12-28(13-15-29)9-2-3-10-30-16-17-31(11-8-25(30)33)24(32)7-5-21-4-6-22(26)23(27)20-21/h4-7,20H,2-3,8-19H2,1H3/b7-5+. The Hall–Kier alpha value is -1.64. The zero-order valence-corrected chi connectivity index (χ0v) is 21.6. The second-order valence-corrected chi connectivity index (χ2v) is 9.66. The fourth-order valence-corrected chi connectivity index (χ4v) is 4.61. The second kappa shape index (κ2) is 14.0. The SMILES string of the molecule is COCCN1CCN(CCCCN2CCN(C(=O)/C=C/c3ccc(Cl)c(Cl)c3)CCC2=O)CC1. The number of rotatable bonds is 10. The van der Waals surface area contributed by atoms with Crippen LogP contribution in [-0.4, -0.2) is 111 Å². The van der Waals surface area contributed by atoms with Gasteiger partial charge in [0.2, 0.25) is 11.8 Å². The van der Waals surface area contributed by atoms with Crippen LogP contribution in [0.1, 0.15) is 24.8 Å². The molecule has 2 saturated heterocycles. The number of benzene rings is 1. The van der Waals surface area contributed by atoms with E-state index in [1.54, 1.807) is 30.2 Å². The number of halogens is 2. The zero-order valence-electron chi connectivity index (χ0n) is 20.1. The quantitative estimate of drug-likeness (QED) is 0.357. The molecule has 1 aromatic carbocycles. The summed E-state index contributed by atoms with van der Waals surface area (Å²) in [6.07, 6.45) is 5.70. The maximum Gasteiger partial charge on any atom is 0.246 e. The third kappa shape index (κ3) is 8.54. The molecule has 0 unspecified atom stereocenters. The number of unbranched alkanes of at least 4 members (excludes halogenated alkanes) is 1. The monoisotopic (exact) mass is 510 g/mol. The highest BCUT2D eigenvalue weighted by Crippen LogP contribution is 2.23. The fourth-order valence-electron chi connectivity index (χ4n) is 4.31. The number of piperazine rings is 1. The van der Waals surface area contributed by atoms with Crippen molar-refractivity contribution in [1.82, 2.24) is 19.6 Å². The molecular formula is C25H36Cl2N4O3. The van der Waals surface area contributed by atoms with Gasteiger partial charge in [0.1, 0.15) is 0 Å². The van der Waals surface area contributed by atoms with E-state index in [0.29, 0.717) is 36.1 Å². The number of carbonyl (C=O) groups is 2. The molecule has 3 rings (SSSR count). The molecule has 2 heterocycles. The van der Waals surface area contributed by atoms with E-state index in [-0.39, 0.29) is 11.8 Å². The van der Waals surface area contributed by atoms with E-state index in [9.17, 15) is 9.59 Å². The molecule has 0 radical (unpaired) electrons. The van der Waals surface area contributed by atoms with Gasteiger partial charge in [0, 0.05) is 78.5 Å². The lowest BCUT2D eigenvalue weighted by Crippen LogP contribution is -2.47. The number of methoxy groups -OCH3 is 1. The van der Waals surface area contributed by atoms with Gasteiger partial charge in [-0.1, -0.05) is 29.3 Å². The van der Waals surface area contributed by atoms with E-state index in [0.717, 1.165) is 70.8 Å². The van der Waals surface area contributed by atoms with Crippen molar-refractivity contribution in [3.8, 4) is 0 Å². The fraction of sp³-hybridized carbons (Fsp3) is 0.600. The van der Waals surface area contributed by atoms with Crippen molar-refractivity contribution in [2.24, 2.45) is 0 Å². The van der Waals surface area contributed by atoms with E-state index in [2.05, 4.69) is 9.80 Å². The van der Waals surface area contributed by atoms with Crippen LogP contribution >= 0.6 is 23.2 Å². The molecule has 9 heteroatoms. The molecule has 7 nitrogen and oxygen atoms in total. The highest BCUT2D eigenvalue weighted by Gasteiger charge is 2.23. The van der Waals surface area contributed by atoms with E-state index in [4.69, 9.17) is 27.9 Å².